The average molecular weight is 226 g/mol. The number of carbonyl (C=O) groups is 2. The van der Waals surface area contributed by atoms with Crippen molar-refractivity contribution in [1.82, 2.24) is 0 Å². The lowest BCUT2D eigenvalue weighted by atomic mass is 10.2. The monoisotopic (exact) mass is 225 g/mol. The molecule has 0 aliphatic carbocycles. The first-order chi connectivity index (χ1) is 4.95. The van der Waals surface area contributed by atoms with Gasteiger partial charge in [0.15, 0.2) is 0 Å². The predicted molar refractivity (Wildman–Crippen MR) is 40.6 cm³/mol. The summed E-state index contributed by atoms with van der Waals surface area (Å²) in [5, 5.41) is 16.6. The molecule has 0 amide bonds. The van der Waals surface area contributed by atoms with Gasteiger partial charge in [-0.15, -0.1) is 0 Å². The van der Waals surface area contributed by atoms with Crippen molar-refractivity contribution >= 4 is 27.9 Å². The quantitative estimate of drug-likeness (QED) is 0.568. The van der Waals surface area contributed by atoms with Gasteiger partial charge in [-0.3, -0.25) is 9.59 Å². The Morgan fingerprint density at radius 3 is 2.18 bits per heavy atom. The Hall–Kier alpha value is -0.620. The average Bonchev–Trinajstić information content (AvgIpc) is 1.84. The number of carboxylic acid groups (broad SMARTS) is 2. The molecule has 0 saturated carbocycles. The summed E-state index contributed by atoms with van der Waals surface area (Å²) in [4.78, 5) is 19.5. The van der Waals surface area contributed by atoms with Crippen molar-refractivity contribution < 1.29 is 19.8 Å². The second kappa shape index (κ2) is 4.30. The molecule has 4 N–H and O–H groups in total. The third-order valence-electron chi connectivity index (χ3n) is 1.04. The summed E-state index contributed by atoms with van der Waals surface area (Å²) in [6.45, 7) is 0. The molecule has 0 rings (SSSR count). The number of aliphatic carboxylic acids is 2. The maximum Gasteiger partial charge on any atom is 0.321 e. The van der Waals surface area contributed by atoms with Crippen LogP contribution in [0.3, 0.4) is 0 Å². The van der Waals surface area contributed by atoms with Crippen LogP contribution in [0, 0.1) is 0 Å². The number of hydrogen-bond acceptors (Lipinski definition) is 3. The van der Waals surface area contributed by atoms with E-state index < -0.39 is 22.8 Å². The fraction of sp³-hybridized carbons (Fsp3) is 0.600. The van der Waals surface area contributed by atoms with E-state index in [1.54, 1.807) is 0 Å². The highest BCUT2D eigenvalue weighted by Gasteiger charge is 2.23. The molecule has 0 aromatic carbocycles. The normalized spacial score (nSPS) is 15.5. The van der Waals surface area contributed by atoms with Crippen LogP contribution in [-0.4, -0.2) is 33.0 Å². The second-order valence-corrected chi connectivity index (χ2v) is 3.15. The van der Waals surface area contributed by atoms with Gasteiger partial charge in [0, 0.05) is 0 Å². The van der Waals surface area contributed by atoms with Crippen LogP contribution < -0.4 is 5.73 Å². The first-order valence-electron chi connectivity index (χ1n) is 2.79. The Morgan fingerprint density at radius 1 is 1.45 bits per heavy atom. The Labute approximate surface area is 71.3 Å². The first kappa shape index (κ1) is 10.4. The number of hydrogen-bond donors (Lipinski definition) is 3. The van der Waals surface area contributed by atoms with Gasteiger partial charge >= 0.3 is 11.9 Å². The minimum atomic E-state index is -1.21. The van der Waals surface area contributed by atoms with Gasteiger partial charge in [-0.05, 0) is 0 Å². The molecule has 0 saturated heterocycles. The van der Waals surface area contributed by atoms with E-state index in [-0.39, 0.29) is 6.42 Å². The van der Waals surface area contributed by atoms with Crippen molar-refractivity contribution in [2.24, 2.45) is 5.73 Å². The van der Waals surface area contributed by atoms with Crippen molar-refractivity contribution in [2.45, 2.75) is 17.3 Å². The molecular formula is C5H8BrNO4. The van der Waals surface area contributed by atoms with Crippen molar-refractivity contribution in [3.05, 3.63) is 0 Å². The molecule has 0 aliphatic heterocycles. The molecule has 0 spiro atoms. The maximum atomic E-state index is 10.2. The Bertz CT molecular complexity index is 172. The summed E-state index contributed by atoms with van der Waals surface area (Å²) in [7, 11) is 0. The number of halogens is 1. The van der Waals surface area contributed by atoms with Crippen LogP contribution in [-0.2, 0) is 9.59 Å². The highest BCUT2D eigenvalue weighted by atomic mass is 79.9. The van der Waals surface area contributed by atoms with E-state index in [1.807, 2.05) is 0 Å². The molecule has 64 valence electrons. The number of rotatable bonds is 4. The second-order valence-electron chi connectivity index (χ2n) is 1.98. The van der Waals surface area contributed by atoms with Crippen LogP contribution in [0.5, 0.6) is 0 Å². The minimum absolute atomic E-state index is 0.298. The molecule has 2 atom stereocenters. The molecule has 0 bridgehead atoms. The molecule has 0 aromatic rings. The van der Waals surface area contributed by atoms with Crippen molar-refractivity contribution in [2.75, 3.05) is 0 Å². The summed E-state index contributed by atoms with van der Waals surface area (Å²) in [5.74, 6) is -2.29. The van der Waals surface area contributed by atoms with E-state index in [0.29, 0.717) is 0 Å². The molecule has 2 unspecified atom stereocenters. The van der Waals surface area contributed by atoms with Crippen molar-refractivity contribution in [3.8, 4) is 0 Å². The highest BCUT2D eigenvalue weighted by Crippen LogP contribution is 2.08. The zero-order valence-electron chi connectivity index (χ0n) is 5.53. The lowest BCUT2D eigenvalue weighted by molar-refractivity contribution is -0.139. The van der Waals surface area contributed by atoms with Gasteiger partial charge in [0.25, 0.3) is 0 Å². The fourth-order valence-corrected chi connectivity index (χ4v) is 0.952. The molecule has 6 heteroatoms. The predicted octanol–water partition coefficient (Wildman–Crippen LogP) is -0.364. The third-order valence-corrected chi connectivity index (χ3v) is 1.94. The van der Waals surface area contributed by atoms with E-state index in [2.05, 4.69) is 15.9 Å². The molecule has 0 heterocycles. The lowest BCUT2D eigenvalue weighted by Gasteiger charge is -2.10. The minimum Gasteiger partial charge on any atom is -0.481 e. The molecular weight excluding hydrogens is 218 g/mol. The van der Waals surface area contributed by atoms with Crippen molar-refractivity contribution in [3.63, 3.8) is 0 Å². The molecule has 0 aliphatic rings. The van der Waals surface area contributed by atoms with Crippen LogP contribution in [0.25, 0.3) is 0 Å². The number of carboxylic acids is 2. The van der Waals surface area contributed by atoms with Gasteiger partial charge < -0.3 is 15.9 Å². The smallest absolute Gasteiger partial charge is 0.321 e. The molecule has 5 nitrogen and oxygen atoms in total. The van der Waals surface area contributed by atoms with Gasteiger partial charge in [0.1, 0.15) is 6.04 Å². The van der Waals surface area contributed by atoms with E-state index in [1.165, 1.54) is 0 Å². The summed E-state index contributed by atoms with van der Waals surface area (Å²) in [5.41, 5.74) is 5.10. The van der Waals surface area contributed by atoms with Crippen LogP contribution in [0.2, 0.25) is 0 Å². The maximum absolute atomic E-state index is 10.2. The zero-order chi connectivity index (χ0) is 9.02. The first-order valence-corrected chi connectivity index (χ1v) is 3.71. The summed E-state index contributed by atoms with van der Waals surface area (Å²) >= 11 is 2.86. The largest absolute Gasteiger partial charge is 0.481 e. The van der Waals surface area contributed by atoms with Gasteiger partial charge in [0.2, 0.25) is 0 Å². The van der Waals surface area contributed by atoms with E-state index in [9.17, 15) is 9.59 Å². The topological polar surface area (TPSA) is 101 Å². The van der Waals surface area contributed by atoms with E-state index >= 15 is 0 Å². The number of nitrogens with two attached hydrogens (primary N) is 1. The zero-order valence-corrected chi connectivity index (χ0v) is 7.11. The molecule has 0 radical (unpaired) electrons. The summed E-state index contributed by atoms with van der Waals surface area (Å²) in [6.07, 6.45) is -0.298. The molecule has 0 fully saturated rings. The van der Waals surface area contributed by atoms with Gasteiger partial charge in [-0.2, -0.15) is 0 Å². The van der Waals surface area contributed by atoms with Gasteiger partial charge in [-0.25, -0.2) is 0 Å². The Kier molecular flexibility index (Phi) is 4.06. The standard InChI is InChI=1S/C5H8BrNO4/c6-2(1-3(8)9)4(7)5(10)11/h2,4H,1,7H2,(H,8,9)(H,10,11). The third kappa shape index (κ3) is 3.94. The van der Waals surface area contributed by atoms with Crippen LogP contribution in [0.1, 0.15) is 6.42 Å². The van der Waals surface area contributed by atoms with Gasteiger partial charge in [-0.1, -0.05) is 15.9 Å². The fourth-order valence-electron chi connectivity index (χ4n) is 0.448. The number of alkyl halides is 1. The SMILES string of the molecule is NC(C(=O)O)C(Br)CC(=O)O. The summed E-state index contributed by atoms with van der Waals surface area (Å²) < 4.78 is 0. The highest BCUT2D eigenvalue weighted by molar-refractivity contribution is 9.09. The lowest BCUT2D eigenvalue weighted by Crippen LogP contribution is -2.39. The molecule has 0 aromatic heterocycles. The molecule has 11 heavy (non-hydrogen) atoms. The van der Waals surface area contributed by atoms with E-state index in [0.717, 1.165) is 0 Å². The summed E-state index contributed by atoms with van der Waals surface area (Å²) in [6, 6.07) is -1.17. The van der Waals surface area contributed by atoms with Gasteiger partial charge in [0.05, 0.1) is 11.2 Å². The van der Waals surface area contributed by atoms with Crippen LogP contribution in [0.15, 0.2) is 0 Å². The van der Waals surface area contributed by atoms with Crippen LogP contribution >= 0.6 is 15.9 Å². The Morgan fingerprint density at radius 2 is 1.91 bits per heavy atom. The van der Waals surface area contributed by atoms with E-state index in [4.69, 9.17) is 15.9 Å². The van der Waals surface area contributed by atoms with Crippen molar-refractivity contribution in [1.29, 1.82) is 0 Å². The van der Waals surface area contributed by atoms with Crippen LogP contribution in [0.4, 0.5) is 0 Å². The Balaban J connectivity index is 3.92.